The molecule has 2 N–H and O–H groups in total. The Hall–Kier alpha value is -1.46. The number of aliphatic hydroxyl groups is 1. The molecule has 0 aromatic rings. The highest BCUT2D eigenvalue weighted by Crippen LogP contribution is 2.56. The average Bonchev–Trinajstić information content (AvgIpc) is 2.65. The van der Waals surface area contributed by atoms with Crippen molar-refractivity contribution in [1.29, 1.82) is 0 Å². The van der Waals surface area contributed by atoms with Crippen LogP contribution in [0.1, 0.15) is 39.0 Å². The summed E-state index contributed by atoms with van der Waals surface area (Å²) in [5.41, 5.74) is -5.62. The van der Waals surface area contributed by atoms with Gasteiger partial charge < -0.3 is 14.9 Å². The fourth-order valence-electron chi connectivity index (χ4n) is 2.63. The molecule has 0 radical (unpaired) electrons. The number of Topliss-reactive ketones (excluding diaryl/α,β-unsaturated/α-hetero) is 1. The highest BCUT2D eigenvalue weighted by Gasteiger charge is 2.67. The largest absolute Gasteiger partial charge is 0.478 e. The molecule has 0 unspecified atom stereocenters. The predicted molar refractivity (Wildman–Crippen MR) is 72.2 cm³/mol. The molecule has 2 aliphatic rings. The van der Waals surface area contributed by atoms with E-state index < -0.39 is 41.1 Å². The lowest BCUT2D eigenvalue weighted by molar-refractivity contribution is -0.151. The summed E-state index contributed by atoms with van der Waals surface area (Å²) in [7, 11) is 0. The van der Waals surface area contributed by atoms with Gasteiger partial charge in [-0.05, 0) is 25.5 Å². The number of hydrogen-bond acceptors (Lipinski definition) is 4. The zero-order valence-electron chi connectivity index (χ0n) is 15.6. The van der Waals surface area contributed by atoms with E-state index in [1.165, 1.54) is 26.8 Å². The van der Waals surface area contributed by atoms with Crippen LogP contribution in [0.2, 0.25) is 0 Å². The van der Waals surface area contributed by atoms with Gasteiger partial charge in [-0.1, -0.05) is 13.0 Å². The number of carbonyl (C=O) groups excluding carboxylic acids is 1. The zero-order chi connectivity index (χ0) is 18.8. The lowest BCUT2D eigenvalue weighted by Gasteiger charge is -2.47. The predicted octanol–water partition coefficient (Wildman–Crippen LogP) is 1.46. The Morgan fingerprint density at radius 1 is 1.45 bits per heavy atom. The summed E-state index contributed by atoms with van der Waals surface area (Å²) in [6, 6.07) is 0. The first-order valence-corrected chi connectivity index (χ1v) is 6.19. The smallest absolute Gasteiger partial charge is 0.328 e. The van der Waals surface area contributed by atoms with Crippen LogP contribution in [-0.4, -0.2) is 39.8 Å². The molecule has 0 aromatic carbocycles. The van der Waals surface area contributed by atoms with Crippen LogP contribution < -0.4 is 0 Å². The number of carbonyl (C=O) groups is 2. The Morgan fingerprint density at radius 3 is 2.70 bits per heavy atom. The molecular weight excluding hydrogens is 260 g/mol. The number of aliphatic carboxylic acids is 1. The van der Waals surface area contributed by atoms with Gasteiger partial charge in [0.25, 0.3) is 0 Å². The molecule has 5 nitrogen and oxygen atoms in total. The fourth-order valence-corrected chi connectivity index (χ4v) is 2.63. The molecule has 1 aliphatic carbocycles. The minimum Gasteiger partial charge on any atom is -0.478 e. The van der Waals surface area contributed by atoms with Gasteiger partial charge in [-0.15, -0.1) is 0 Å². The van der Waals surface area contributed by atoms with E-state index in [0.717, 1.165) is 12.2 Å². The minimum absolute atomic E-state index is 0.264. The second-order valence-electron chi connectivity index (χ2n) is 5.56. The quantitative estimate of drug-likeness (QED) is 0.605. The number of rotatable bonds is 3. The van der Waals surface area contributed by atoms with Crippen LogP contribution in [0.5, 0.6) is 0 Å². The van der Waals surface area contributed by atoms with Crippen LogP contribution in [-0.2, 0) is 14.3 Å². The normalized spacial score (nSPS) is 49.4. The van der Waals surface area contributed by atoms with Crippen molar-refractivity contribution in [2.45, 2.75) is 44.7 Å². The molecular formula is C15H20O5. The third-order valence-electron chi connectivity index (χ3n) is 3.90. The summed E-state index contributed by atoms with van der Waals surface area (Å²) in [5, 5.41) is 20.0. The summed E-state index contributed by atoms with van der Waals surface area (Å²) in [5.74, 6) is -2.46. The van der Waals surface area contributed by atoms with Crippen molar-refractivity contribution in [1.82, 2.24) is 0 Å². The second kappa shape index (κ2) is 4.53. The van der Waals surface area contributed by atoms with E-state index in [9.17, 15) is 14.7 Å². The molecule has 1 saturated heterocycles. The minimum atomic E-state index is -2.77. The van der Waals surface area contributed by atoms with Gasteiger partial charge in [-0.25, -0.2) is 4.79 Å². The lowest BCUT2D eigenvalue weighted by Crippen LogP contribution is -2.60. The van der Waals surface area contributed by atoms with Crippen LogP contribution in [0, 0.1) is 5.41 Å². The van der Waals surface area contributed by atoms with Crippen LogP contribution in [0.25, 0.3) is 0 Å². The molecule has 1 saturated carbocycles. The van der Waals surface area contributed by atoms with E-state index in [1.807, 2.05) is 0 Å². The molecule has 2 bridgehead atoms. The topological polar surface area (TPSA) is 83.8 Å². The van der Waals surface area contributed by atoms with E-state index in [2.05, 4.69) is 0 Å². The van der Waals surface area contributed by atoms with E-state index >= 15 is 0 Å². The van der Waals surface area contributed by atoms with E-state index in [0.29, 0.717) is 0 Å². The molecule has 1 heterocycles. The number of carboxylic acid groups (broad SMARTS) is 1. The third kappa shape index (κ3) is 2.11. The van der Waals surface area contributed by atoms with E-state index in [1.54, 1.807) is 0 Å². The van der Waals surface area contributed by atoms with E-state index in [-0.39, 0.29) is 12.2 Å². The number of ketones is 1. The van der Waals surface area contributed by atoms with Crippen molar-refractivity contribution in [3.63, 3.8) is 0 Å². The molecule has 0 amide bonds. The fraction of sp³-hybridized carbons (Fsp3) is 0.600. The van der Waals surface area contributed by atoms with Gasteiger partial charge in [0.15, 0.2) is 0 Å². The standard InChI is InChI=1S/C15H20O5/c1-10(6-12(17)18)4-5-15(19)13(2)7-11(16)8-14(15,3)20-9-13/h4-6,19H,7-9H2,1-3H3,(H,17,18)/b5-4+,10-6-/t13-,14-,15+/m1/s1/i7D2,8D2. The molecule has 1 aliphatic heterocycles. The number of ether oxygens (including phenoxy) is 1. The van der Waals surface area contributed by atoms with Gasteiger partial charge in [0.1, 0.15) is 17.0 Å². The Bertz CT molecular complexity index is 637. The van der Waals surface area contributed by atoms with E-state index in [4.69, 9.17) is 15.3 Å². The maximum Gasteiger partial charge on any atom is 0.328 e. The first kappa shape index (κ1) is 10.3. The molecule has 2 fully saturated rings. The molecule has 0 aromatic heterocycles. The molecule has 5 heteroatoms. The molecule has 0 spiro atoms. The first-order valence-electron chi connectivity index (χ1n) is 8.19. The highest BCUT2D eigenvalue weighted by atomic mass is 16.5. The van der Waals surface area contributed by atoms with Gasteiger partial charge in [-0.2, -0.15) is 0 Å². The van der Waals surface area contributed by atoms with Crippen molar-refractivity contribution in [3.8, 4) is 0 Å². The Labute approximate surface area is 123 Å². The third-order valence-corrected chi connectivity index (χ3v) is 3.90. The Kier molecular flexibility index (Phi) is 2.33. The van der Waals surface area contributed by atoms with Crippen molar-refractivity contribution in [2.75, 3.05) is 6.61 Å². The summed E-state index contributed by atoms with van der Waals surface area (Å²) >= 11 is 0. The van der Waals surface area contributed by atoms with Crippen LogP contribution in [0.4, 0.5) is 0 Å². The van der Waals surface area contributed by atoms with Gasteiger partial charge in [0.05, 0.1) is 6.61 Å². The summed E-state index contributed by atoms with van der Waals surface area (Å²) < 4.78 is 37.8. The molecule has 110 valence electrons. The van der Waals surface area contributed by atoms with Gasteiger partial charge in [-0.3, -0.25) is 4.79 Å². The zero-order valence-corrected chi connectivity index (χ0v) is 11.6. The lowest BCUT2D eigenvalue weighted by atomic mass is 9.59. The van der Waals surface area contributed by atoms with Crippen LogP contribution in [0.3, 0.4) is 0 Å². The second-order valence-corrected chi connectivity index (χ2v) is 5.56. The Balaban J connectivity index is 2.66. The number of allylic oxidation sites excluding steroid dienone is 2. The van der Waals surface area contributed by atoms with Gasteiger partial charge in [0, 0.05) is 29.7 Å². The summed E-state index contributed by atoms with van der Waals surface area (Å²) in [4.78, 5) is 23.1. The highest BCUT2D eigenvalue weighted by molar-refractivity contribution is 5.83. The maximum atomic E-state index is 12.4. The van der Waals surface area contributed by atoms with Crippen LogP contribution in [0.15, 0.2) is 23.8 Å². The monoisotopic (exact) mass is 284 g/mol. The van der Waals surface area contributed by atoms with Crippen molar-refractivity contribution in [2.24, 2.45) is 5.41 Å². The SMILES string of the molecule is [2H]C1([2H])C(=O)C([2H])([2H])[C@@]2(C)OC[C@]1(C)[C@@]2(O)/C=C/C(C)=C\C(=O)O. The molecule has 20 heavy (non-hydrogen) atoms. The summed E-state index contributed by atoms with van der Waals surface area (Å²) in [6.45, 7) is 3.67. The summed E-state index contributed by atoms with van der Waals surface area (Å²) in [6.07, 6.45) is -2.14. The number of carboxylic acids is 1. The number of hydrogen-bond donors (Lipinski definition) is 2. The van der Waals surface area contributed by atoms with Crippen molar-refractivity contribution < 1.29 is 30.0 Å². The molecule has 2 rings (SSSR count). The Morgan fingerprint density at radius 2 is 2.10 bits per heavy atom. The molecule has 3 atom stereocenters. The van der Waals surface area contributed by atoms with Crippen molar-refractivity contribution >= 4 is 11.8 Å². The number of fused-ring (bicyclic) bond motifs is 2. The average molecular weight is 284 g/mol. The first-order chi connectivity index (χ1) is 10.7. The van der Waals surface area contributed by atoms with Gasteiger partial charge in [0.2, 0.25) is 0 Å². The van der Waals surface area contributed by atoms with Crippen molar-refractivity contribution in [3.05, 3.63) is 23.8 Å². The maximum absolute atomic E-state index is 12.4. The van der Waals surface area contributed by atoms with Gasteiger partial charge >= 0.3 is 5.97 Å². The van der Waals surface area contributed by atoms with Crippen LogP contribution >= 0.6 is 0 Å².